The third-order valence-corrected chi connectivity index (χ3v) is 9.18. The van der Waals surface area contributed by atoms with Crippen molar-refractivity contribution in [2.24, 2.45) is 0 Å². The summed E-state index contributed by atoms with van der Waals surface area (Å²) in [7, 11) is 0. The fourth-order valence-electron chi connectivity index (χ4n) is 6.21. The van der Waals surface area contributed by atoms with E-state index in [1.165, 1.54) is 205 Å². The highest BCUT2D eigenvalue weighted by atomic mass is 16.5. The smallest absolute Gasteiger partial charge is 0.0993 e. The second-order valence-electron chi connectivity index (χ2n) is 13.5. The molecular weight excluding hydrogens is 508 g/mol. The van der Waals surface area contributed by atoms with Crippen molar-refractivity contribution in [2.75, 3.05) is 0 Å². The summed E-state index contributed by atoms with van der Waals surface area (Å²) in [4.78, 5) is 0. The Bertz CT molecular complexity index is 547. The van der Waals surface area contributed by atoms with Gasteiger partial charge in [0, 0.05) is 12.8 Å². The van der Waals surface area contributed by atoms with Gasteiger partial charge in [-0.1, -0.05) is 213 Å². The molecule has 0 aromatic heterocycles. The zero-order chi connectivity index (χ0) is 30.6. The zero-order valence-corrected chi connectivity index (χ0v) is 29.7. The minimum atomic E-state index is 0.977. The number of ether oxygens (including phenoxy) is 1. The average Bonchev–Trinajstić information content (AvgIpc) is 3.00. The van der Waals surface area contributed by atoms with Crippen molar-refractivity contribution < 1.29 is 4.74 Å². The lowest BCUT2D eigenvalue weighted by atomic mass is 10.0. The molecule has 0 atom stereocenters. The van der Waals surface area contributed by atoms with Crippen molar-refractivity contribution in [1.82, 2.24) is 0 Å². The fraction of sp³-hybridized carbons (Fsp3) is 0.902. The molecule has 0 aliphatic rings. The van der Waals surface area contributed by atoms with Gasteiger partial charge in [-0.2, -0.15) is 0 Å². The maximum atomic E-state index is 6.11. The Morgan fingerprint density at radius 3 is 0.881 bits per heavy atom. The first-order valence-electron chi connectivity index (χ1n) is 19.7. The quantitative estimate of drug-likeness (QED) is 0.0522. The third-order valence-electron chi connectivity index (χ3n) is 9.18. The summed E-state index contributed by atoms with van der Waals surface area (Å²) < 4.78 is 6.11. The van der Waals surface area contributed by atoms with Gasteiger partial charge in [0.15, 0.2) is 0 Å². The molecule has 0 unspecified atom stereocenters. The Balaban J connectivity index is 3.39. The Labute approximate surface area is 267 Å². The van der Waals surface area contributed by atoms with Gasteiger partial charge in [0.1, 0.15) is 0 Å². The van der Waals surface area contributed by atoms with E-state index in [1.807, 2.05) is 0 Å². The lowest BCUT2D eigenvalue weighted by Gasteiger charge is -2.12. The Kier molecular flexibility index (Phi) is 35.8. The maximum absolute atomic E-state index is 6.11. The van der Waals surface area contributed by atoms with Crippen LogP contribution in [0.15, 0.2) is 24.2 Å². The van der Waals surface area contributed by atoms with Crippen molar-refractivity contribution in [1.29, 1.82) is 0 Å². The number of unbranched alkanes of at least 4 members (excludes halogenated alkanes) is 30. The van der Waals surface area contributed by atoms with Gasteiger partial charge in [-0.25, -0.2) is 0 Å². The van der Waals surface area contributed by atoms with Crippen LogP contribution in [-0.4, -0.2) is 0 Å². The molecule has 0 saturated heterocycles. The van der Waals surface area contributed by atoms with E-state index >= 15 is 0 Å². The molecule has 0 N–H and O–H groups in total. The predicted octanol–water partition coefficient (Wildman–Crippen LogP) is 15.7. The van der Waals surface area contributed by atoms with E-state index in [-0.39, 0.29) is 0 Å². The normalized spacial score (nSPS) is 11.8. The molecule has 0 aliphatic heterocycles. The molecular formula is C41H80O. The van der Waals surface area contributed by atoms with Crippen LogP contribution in [0.25, 0.3) is 0 Å². The second-order valence-corrected chi connectivity index (χ2v) is 13.5. The number of hydrogen-bond donors (Lipinski definition) is 0. The Hall–Kier alpha value is -0.720. The molecule has 42 heavy (non-hydrogen) atoms. The highest BCUT2D eigenvalue weighted by molar-refractivity contribution is 4.97. The van der Waals surface area contributed by atoms with E-state index in [9.17, 15) is 0 Å². The van der Waals surface area contributed by atoms with E-state index in [0.717, 1.165) is 24.4 Å². The molecule has 0 aromatic carbocycles. The SMILES string of the molecule is C=C(CCCCCCCCCCCCCCCCCC)OC(=CC)CCCCCCCCCCCCCCCCCC. The van der Waals surface area contributed by atoms with Crippen LogP contribution in [0.4, 0.5) is 0 Å². The highest BCUT2D eigenvalue weighted by Gasteiger charge is 2.03. The summed E-state index contributed by atoms with van der Waals surface area (Å²) in [5, 5.41) is 0. The molecule has 0 spiro atoms. The molecule has 0 radical (unpaired) electrons. The largest absolute Gasteiger partial charge is 0.467 e. The van der Waals surface area contributed by atoms with Crippen LogP contribution < -0.4 is 0 Å². The van der Waals surface area contributed by atoms with Gasteiger partial charge in [-0.3, -0.25) is 0 Å². The van der Waals surface area contributed by atoms with E-state index in [4.69, 9.17) is 4.74 Å². The fourth-order valence-corrected chi connectivity index (χ4v) is 6.21. The van der Waals surface area contributed by atoms with Crippen LogP contribution >= 0.6 is 0 Å². The maximum Gasteiger partial charge on any atom is 0.0993 e. The van der Waals surface area contributed by atoms with Crippen molar-refractivity contribution in [2.45, 2.75) is 239 Å². The van der Waals surface area contributed by atoms with E-state index in [2.05, 4.69) is 33.4 Å². The Morgan fingerprint density at radius 2 is 0.619 bits per heavy atom. The van der Waals surface area contributed by atoms with Gasteiger partial charge in [-0.05, 0) is 25.8 Å². The molecule has 0 heterocycles. The summed E-state index contributed by atoms with van der Waals surface area (Å²) in [6.45, 7) is 10.9. The van der Waals surface area contributed by atoms with Crippen LogP contribution in [0.3, 0.4) is 0 Å². The summed E-state index contributed by atoms with van der Waals surface area (Å²) >= 11 is 0. The van der Waals surface area contributed by atoms with E-state index < -0.39 is 0 Å². The topological polar surface area (TPSA) is 9.23 Å². The monoisotopic (exact) mass is 589 g/mol. The first-order valence-corrected chi connectivity index (χ1v) is 19.7. The molecule has 0 aromatic rings. The zero-order valence-electron chi connectivity index (χ0n) is 29.7. The van der Waals surface area contributed by atoms with Gasteiger partial charge in [0.05, 0.1) is 11.5 Å². The molecule has 0 aliphatic carbocycles. The number of hydrogen-bond acceptors (Lipinski definition) is 1. The summed E-state index contributed by atoms with van der Waals surface area (Å²) in [5.41, 5.74) is 0. The van der Waals surface area contributed by atoms with Crippen LogP contribution in [0.5, 0.6) is 0 Å². The molecule has 1 nitrogen and oxygen atoms in total. The number of rotatable bonds is 36. The molecule has 250 valence electrons. The second kappa shape index (κ2) is 36.5. The van der Waals surface area contributed by atoms with Crippen LogP contribution in [-0.2, 0) is 4.74 Å². The van der Waals surface area contributed by atoms with E-state index in [1.54, 1.807) is 0 Å². The lowest BCUT2D eigenvalue weighted by Crippen LogP contribution is -1.94. The van der Waals surface area contributed by atoms with Crippen LogP contribution in [0, 0.1) is 0 Å². The summed E-state index contributed by atoms with van der Waals surface area (Å²) in [6, 6.07) is 0. The summed E-state index contributed by atoms with van der Waals surface area (Å²) in [6.07, 6.45) is 49.7. The van der Waals surface area contributed by atoms with Gasteiger partial charge >= 0.3 is 0 Å². The predicted molar refractivity (Wildman–Crippen MR) is 192 cm³/mol. The molecule has 1 heteroatoms. The summed E-state index contributed by atoms with van der Waals surface area (Å²) in [5.74, 6) is 2.12. The van der Waals surface area contributed by atoms with Gasteiger partial charge < -0.3 is 4.74 Å². The lowest BCUT2D eigenvalue weighted by molar-refractivity contribution is 0.271. The molecule has 0 rings (SSSR count). The van der Waals surface area contributed by atoms with Crippen LogP contribution in [0.1, 0.15) is 239 Å². The van der Waals surface area contributed by atoms with Gasteiger partial charge in [0.25, 0.3) is 0 Å². The first kappa shape index (κ1) is 41.3. The van der Waals surface area contributed by atoms with Crippen molar-refractivity contribution in [3.63, 3.8) is 0 Å². The van der Waals surface area contributed by atoms with Gasteiger partial charge in [-0.15, -0.1) is 0 Å². The molecule has 0 amide bonds. The van der Waals surface area contributed by atoms with Crippen molar-refractivity contribution in [3.8, 4) is 0 Å². The van der Waals surface area contributed by atoms with Crippen LogP contribution in [0.2, 0.25) is 0 Å². The minimum Gasteiger partial charge on any atom is -0.467 e. The highest BCUT2D eigenvalue weighted by Crippen LogP contribution is 2.20. The Morgan fingerprint density at radius 1 is 0.381 bits per heavy atom. The first-order chi connectivity index (χ1) is 20.7. The molecule has 0 saturated carbocycles. The average molecular weight is 589 g/mol. The van der Waals surface area contributed by atoms with Crippen molar-refractivity contribution >= 4 is 0 Å². The standard InChI is InChI=1S/C41H80O/c1-5-8-10-12-14-16-18-20-22-24-26-28-30-32-34-36-38-40(4)42-41(7-3)39-37-35-33-31-29-27-25-23-21-19-17-15-13-11-9-6-2/h7H,4-6,8-39H2,1-3H3. The van der Waals surface area contributed by atoms with Crippen molar-refractivity contribution in [3.05, 3.63) is 24.2 Å². The van der Waals surface area contributed by atoms with Gasteiger partial charge in [0.2, 0.25) is 0 Å². The minimum absolute atomic E-state index is 0.977. The molecule has 0 bridgehead atoms. The molecule has 0 fully saturated rings. The third kappa shape index (κ3) is 33.8. The van der Waals surface area contributed by atoms with E-state index in [0.29, 0.717) is 0 Å². The number of allylic oxidation sites excluding steroid dienone is 3.